The third-order valence-electron chi connectivity index (χ3n) is 2.24. The van der Waals surface area contributed by atoms with Gasteiger partial charge in [0.1, 0.15) is 5.82 Å². The monoisotopic (exact) mass is 324 g/mol. The zero-order valence-electron chi connectivity index (χ0n) is 9.05. The lowest BCUT2D eigenvalue weighted by atomic mass is 10.2. The first kappa shape index (κ1) is 12.9. The van der Waals surface area contributed by atoms with Crippen molar-refractivity contribution in [3.63, 3.8) is 0 Å². The number of benzene rings is 2. The minimum Gasteiger partial charge on any atom is -0.354 e. The molecule has 0 spiro atoms. The second-order valence-electron chi connectivity index (χ2n) is 3.59. The number of halogens is 3. The Balaban J connectivity index is 2.34. The molecule has 0 heterocycles. The zero-order valence-corrected chi connectivity index (χ0v) is 11.4. The summed E-state index contributed by atoms with van der Waals surface area (Å²) in [5, 5.41) is 12.4. The Labute approximate surface area is 117 Å². The molecule has 0 radical (unpaired) electrons. The first-order chi connectivity index (χ1) is 8.58. The Morgan fingerprint density at radius 3 is 2.67 bits per heavy atom. The van der Waals surface area contributed by atoms with Gasteiger partial charge in [0.25, 0.3) is 0 Å². The van der Waals surface area contributed by atoms with Crippen molar-refractivity contribution in [1.29, 1.82) is 5.26 Å². The maximum Gasteiger partial charge on any atom is 0.126 e. The van der Waals surface area contributed by atoms with Crippen molar-refractivity contribution in [2.24, 2.45) is 0 Å². The van der Waals surface area contributed by atoms with Gasteiger partial charge in [-0.15, -0.1) is 0 Å². The fraction of sp³-hybridized carbons (Fsp3) is 0. The van der Waals surface area contributed by atoms with Crippen LogP contribution >= 0.6 is 27.5 Å². The molecule has 0 bridgehead atoms. The summed E-state index contributed by atoms with van der Waals surface area (Å²) in [6.45, 7) is 0. The topological polar surface area (TPSA) is 35.8 Å². The van der Waals surface area contributed by atoms with Crippen LogP contribution in [0.2, 0.25) is 5.02 Å². The summed E-state index contributed by atoms with van der Waals surface area (Å²) in [5.74, 6) is -0.457. The van der Waals surface area contributed by atoms with Crippen LogP contribution in [-0.4, -0.2) is 0 Å². The van der Waals surface area contributed by atoms with Crippen molar-refractivity contribution < 1.29 is 4.39 Å². The summed E-state index contributed by atoms with van der Waals surface area (Å²) < 4.78 is 14.0. The molecule has 90 valence electrons. The van der Waals surface area contributed by atoms with Gasteiger partial charge < -0.3 is 5.32 Å². The predicted molar refractivity (Wildman–Crippen MR) is 73.5 cm³/mol. The second kappa shape index (κ2) is 5.38. The molecule has 18 heavy (non-hydrogen) atoms. The van der Waals surface area contributed by atoms with E-state index in [9.17, 15) is 4.39 Å². The van der Waals surface area contributed by atoms with Crippen LogP contribution in [0.3, 0.4) is 0 Å². The highest BCUT2D eigenvalue weighted by atomic mass is 79.9. The van der Waals surface area contributed by atoms with Gasteiger partial charge in [-0.3, -0.25) is 0 Å². The molecule has 0 amide bonds. The van der Waals surface area contributed by atoms with Crippen LogP contribution in [0.5, 0.6) is 0 Å². The molecule has 2 aromatic carbocycles. The molecule has 0 unspecified atom stereocenters. The van der Waals surface area contributed by atoms with E-state index < -0.39 is 5.82 Å². The third kappa shape index (κ3) is 3.00. The molecule has 0 aliphatic heterocycles. The number of hydrogen-bond donors (Lipinski definition) is 1. The Hall–Kier alpha value is -1.57. The van der Waals surface area contributed by atoms with E-state index >= 15 is 0 Å². The van der Waals surface area contributed by atoms with E-state index in [0.29, 0.717) is 10.7 Å². The van der Waals surface area contributed by atoms with Gasteiger partial charge >= 0.3 is 0 Å². The van der Waals surface area contributed by atoms with Crippen LogP contribution < -0.4 is 5.32 Å². The van der Waals surface area contributed by atoms with Crippen LogP contribution in [0.25, 0.3) is 0 Å². The lowest BCUT2D eigenvalue weighted by Gasteiger charge is -2.09. The lowest BCUT2D eigenvalue weighted by molar-refractivity contribution is 0.628. The molecular weight excluding hydrogens is 319 g/mol. The fourth-order valence-corrected chi connectivity index (χ4v) is 2.25. The van der Waals surface area contributed by atoms with Gasteiger partial charge in [-0.25, -0.2) is 4.39 Å². The standard InChI is InChI=1S/C13H7BrClFN2/c14-12-5-9(15)1-2-13(12)18-11-4-8(7-17)3-10(16)6-11/h1-6,18H. The van der Waals surface area contributed by atoms with Crippen LogP contribution in [0, 0.1) is 17.1 Å². The average Bonchev–Trinajstić information content (AvgIpc) is 2.32. The number of nitrogens with one attached hydrogen (secondary N) is 1. The van der Waals surface area contributed by atoms with Crippen LogP contribution in [0.1, 0.15) is 5.56 Å². The Morgan fingerprint density at radius 2 is 2.00 bits per heavy atom. The smallest absolute Gasteiger partial charge is 0.126 e. The first-order valence-electron chi connectivity index (χ1n) is 5.01. The fourth-order valence-electron chi connectivity index (χ4n) is 1.47. The molecule has 0 saturated heterocycles. The van der Waals surface area contributed by atoms with E-state index in [4.69, 9.17) is 16.9 Å². The van der Waals surface area contributed by atoms with Gasteiger partial charge in [-0.1, -0.05) is 11.6 Å². The van der Waals surface area contributed by atoms with Crippen molar-refractivity contribution in [2.75, 3.05) is 5.32 Å². The van der Waals surface area contributed by atoms with Crippen molar-refractivity contribution in [3.8, 4) is 6.07 Å². The van der Waals surface area contributed by atoms with Gasteiger partial charge in [0.05, 0.1) is 17.3 Å². The lowest BCUT2D eigenvalue weighted by Crippen LogP contribution is -1.93. The summed E-state index contributed by atoms with van der Waals surface area (Å²) in [6, 6.07) is 11.2. The van der Waals surface area contributed by atoms with E-state index in [1.807, 2.05) is 6.07 Å². The highest BCUT2D eigenvalue weighted by Crippen LogP contribution is 2.29. The van der Waals surface area contributed by atoms with Crippen molar-refractivity contribution in [1.82, 2.24) is 0 Å². The van der Waals surface area contributed by atoms with Crippen molar-refractivity contribution in [2.45, 2.75) is 0 Å². The van der Waals surface area contributed by atoms with Gasteiger partial charge in [0.15, 0.2) is 0 Å². The normalized spacial score (nSPS) is 9.89. The molecule has 0 aliphatic rings. The summed E-state index contributed by atoms with van der Waals surface area (Å²) in [6.07, 6.45) is 0. The molecule has 5 heteroatoms. The number of nitrogens with zero attached hydrogens (tertiary/aromatic N) is 1. The summed E-state index contributed by atoms with van der Waals surface area (Å²) in [5.41, 5.74) is 1.52. The summed E-state index contributed by atoms with van der Waals surface area (Å²) in [4.78, 5) is 0. The molecule has 0 atom stereocenters. The minimum atomic E-state index is -0.457. The molecule has 0 fully saturated rings. The maximum absolute atomic E-state index is 13.3. The molecule has 0 saturated carbocycles. The summed E-state index contributed by atoms with van der Waals surface area (Å²) >= 11 is 9.18. The minimum absolute atomic E-state index is 0.266. The molecule has 2 rings (SSSR count). The van der Waals surface area contributed by atoms with Crippen molar-refractivity contribution in [3.05, 3.63) is 57.3 Å². The molecule has 1 N–H and O–H groups in total. The molecule has 0 aliphatic carbocycles. The van der Waals surface area contributed by atoms with E-state index in [1.165, 1.54) is 12.1 Å². The van der Waals surface area contributed by atoms with Gasteiger partial charge in [0, 0.05) is 15.2 Å². The van der Waals surface area contributed by atoms with Gasteiger partial charge in [-0.2, -0.15) is 5.26 Å². The molecule has 2 nitrogen and oxygen atoms in total. The molecule has 2 aromatic rings. The molecular formula is C13H7BrClFN2. The van der Waals surface area contributed by atoms with E-state index in [2.05, 4.69) is 21.2 Å². The van der Waals surface area contributed by atoms with E-state index in [1.54, 1.807) is 24.3 Å². The SMILES string of the molecule is N#Cc1cc(F)cc(Nc2ccc(Cl)cc2Br)c1. The zero-order chi connectivity index (χ0) is 13.1. The van der Waals surface area contributed by atoms with E-state index in [0.717, 1.165) is 10.2 Å². The highest BCUT2D eigenvalue weighted by Gasteiger charge is 2.04. The largest absolute Gasteiger partial charge is 0.354 e. The molecule has 0 aromatic heterocycles. The Bertz CT molecular complexity index is 637. The maximum atomic E-state index is 13.3. The number of hydrogen-bond acceptors (Lipinski definition) is 2. The average molecular weight is 326 g/mol. The number of rotatable bonds is 2. The Kier molecular flexibility index (Phi) is 3.85. The van der Waals surface area contributed by atoms with Gasteiger partial charge in [0.2, 0.25) is 0 Å². The quantitative estimate of drug-likeness (QED) is 0.856. The van der Waals surface area contributed by atoms with Crippen LogP contribution in [0.4, 0.5) is 15.8 Å². The highest BCUT2D eigenvalue weighted by molar-refractivity contribution is 9.10. The second-order valence-corrected chi connectivity index (χ2v) is 4.88. The third-order valence-corrected chi connectivity index (χ3v) is 3.13. The first-order valence-corrected chi connectivity index (χ1v) is 6.18. The number of anilines is 2. The van der Waals surface area contributed by atoms with Gasteiger partial charge in [-0.05, 0) is 52.3 Å². The van der Waals surface area contributed by atoms with E-state index in [-0.39, 0.29) is 5.56 Å². The number of nitriles is 1. The van der Waals surface area contributed by atoms with Crippen LogP contribution in [0.15, 0.2) is 40.9 Å². The van der Waals surface area contributed by atoms with Crippen molar-refractivity contribution >= 4 is 38.9 Å². The van der Waals surface area contributed by atoms with Crippen LogP contribution in [-0.2, 0) is 0 Å². The Morgan fingerprint density at radius 1 is 1.22 bits per heavy atom. The predicted octanol–water partition coefficient (Wildman–Crippen LogP) is 4.86. The summed E-state index contributed by atoms with van der Waals surface area (Å²) in [7, 11) is 0.